The highest BCUT2D eigenvalue weighted by atomic mass is 31.2. The molecule has 2 N–H and O–H groups in total. The first kappa shape index (κ1) is 15.2. The van der Waals surface area contributed by atoms with Gasteiger partial charge in [-0.25, -0.2) is 0 Å². The van der Waals surface area contributed by atoms with Crippen molar-refractivity contribution in [3.8, 4) is 0 Å². The quantitative estimate of drug-likeness (QED) is 0.781. The molecule has 0 aliphatic carbocycles. The van der Waals surface area contributed by atoms with E-state index in [4.69, 9.17) is 9.79 Å². The smallest absolute Gasteiger partial charge is 0.329 e. The lowest BCUT2D eigenvalue weighted by atomic mass is 10.1. The van der Waals surface area contributed by atoms with Gasteiger partial charge in [-0.1, -0.05) is 26.0 Å². The van der Waals surface area contributed by atoms with Gasteiger partial charge in [0.15, 0.2) is 0 Å². The molecule has 0 spiro atoms. The van der Waals surface area contributed by atoms with Gasteiger partial charge in [-0.3, -0.25) is 4.57 Å². The molecule has 0 unspecified atom stereocenters. The van der Waals surface area contributed by atoms with Crippen LogP contribution in [-0.4, -0.2) is 22.9 Å². The van der Waals surface area contributed by atoms with E-state index < -0.39 is 7.60 Å². The molecule has 102 valence electrons. The zero-order valence-corrected chi connectivity index (χ0v) is 12.1. The maximum absolute atomic E-state index is 10.9. The highest BCUT2D eigenvalue weighted by Gasteiger charge is 2.15. The van der Waals surface area contributed by atoms with Crippen LogP contribution in [0, 0.1) is 0 Å². The number of rotatable bonds is 6. The van der Waals surface area contributed by atoms with Crippen molar-refractivity contribution in [2.75, 3.05) is 11.9 Å². The van der Waals surface area contributed by atoms with E-state index in [2.05, 4.69) is 25.8 Å². The molecule has 0 saturated carbocycles. The predicted molar refractivity (Wildman–Crippen MR) is 75.0 cm³/mol. The third kappa shape index (κ3) is 4.45. The standard InChI is InChI=1S/C13H22NO3P/c1-4-12(5-2)14(3)13-8-6-11(7-9-13)10-18(15,16)17/h6-9,12H,4-5,10H2,1-3H3,(H2,15,16,17). The highest BCUT2D eigenvalue weighted by molar-refractivity contribution is 7.50. The Morgan fingerprint density at radius 1 is 1.17 bits per heavy atom. The molecule has 0 aromatic heterocycles. The molecule has 18 heavy (non-hydrogen) atoms. The number of benzene rings is 1. The van der Waals surface area contributed by atoms with Crippen molar-refractivity contribution >= 4 is 13.3 Å². The summed E-state index contributed by atoms with van der Waals surface area (Å²) in [5, 5.41) is 0. The average molecular weight is 271 g/mol. The van der Waals surface area contributed by atoms with Crippen LogP contribution in [-0.2, 0) is 10.7 Å². The van der Waals surface area contributed by atoms with E-state index in [1.165, 1.54) is 0 Å². The zero-order chi connectivity index (χ0) is 13.8. The Hall–Kier alpha value is -0.830. The Labute approximate surface area is 109 Å². The molecular formula is C13H22NO3P. The summed E-state index contributed by atoms with van der Waals surface area (Å²) < 4.78 is 10.9. The van der Waals surface area contributed by atoms with Crippen molar-refractivity contribution in [3.05, 3.63) is 29.8 Å². The first-order valence-corrected chi connectivity index (χ1v) is 8.03. The Bertz CT molecular complexity index is 409. The fourth-order valence-corrected chi connectivity index (χ4v) is 2.81. The molecule has 1 aromatic carbocycles. The number of anilines is 1. The van der Waals surface area contributed by atoms with E-state index in [1.807, 2.05) is 12.1 Å². The molecular weight excluding hydrogens is 249 g/mol. The third-order valence-electron chi connectivity index (χ3n) is 3.22. The largest absolute Gasteiger partial charge is 0.372 e. The monoisotopic (exact) mass is 271 g/mol. The SMILES string of the molecule is CCC(CC)N(C)c1ccc(CP(=O)(O)O)cc1. The summed E-state index contributed by atoms with van der Waals surface area (Å²) in [4.78, 5) is 20.0. The molecule has 5 heteroatoms. The maximum atomic E-state index is 10.9. The van der Waals surface area contributed by atoms with Gasteiger partial charge in [-0.2, -0.15) is 0 Å². The number of hydrogen-bond donors (Lipinski definition) is 2. The molecule has 0 heterocycles. The fourth-order valence-electron chi connectivity index (χ4n) is 2.12. The van der Waals surface area contributed by atoms with Gasteiger partial charge in [0, 0.05) is 18.8 Å². The minimum absolute atomic E-state index is 0.192. The molecule has 0 bridgehead atoms. The lowest BCUT2D eigenvalue weighted by molar-refractivity contribution is 0.371. The highest BCUT2D eigenvalue weighted by Crippen LogP contribution is 2.39. The molecule has 0 aliphatic heterocycles. The summed E-state index contributed by atoms with van der Waals surface area (Å²) in [7, 11) is -1.92. The van der Waals surface area contributed by atoms with Gasteiger partial charge in [0.25, 0.3) is 0 Å². The summed E-state index contributed by atoms with van der Waals surface area (Å²) in [5.74, 6) is 0. The van der Waals surface area contributed by atoms with Crippen LogP contribution in [0.1, 0.15) is 32.3 Å². The van der Waals surface area contributed by atoms with Crippen LogP contribution in [0.15, 0.2) is 24.3 Å². The van der Waals surface area contributed by atoms with Gasteiger partial charge in [-0.15, -0.1) is 0 Å². The van der Waals surface area contributed by atoms with Crippen molar-refractivity contribution in [3.63, 3.8) is 0 Å². The van der Waals surface area contributed by atoms with Crippen molar-refractivity contribution in [2.24, 2.45) is 0 Å². The minimum Gasteiger partial charge on any atom is -0.372 e. The molecule has 0 radical (unpaired) electrons. The summed E-state index contributed by atoms with van der Waals surface area (Å²) in [6.45, 7) is 4.32. The van der Waals surface area contributed by atoms with E-state index in [0.29, 0.717) is 11.6 Å². The predicted octanol–water partition coefficient (Wildman–Crippen LogP) is 2.99. The van der Waals surface area contributed by atoms with Crippen molar-refractivity contribution in [1.29, 1.82) is 0 Å². The van der Waals surface area contributed by atoms with Gasteiger partial charge in [0.2, 0.25) is 0 Å². The first-order chi connectivity index (χ1) is 8.37. The number of nitrogens with zero attached hydrogens (tertiary/aromatic N) is 1. The second kappa shape index (κ2) is 6.37. The van der Waals surface area contributed by atoms with E-state index >= 15 is 0 Å². The maximum Gasteiger partial charge on any atom is 0.329 e. The van der Waals surface area contributed by atoms with Crippen LogP contribution in [0.25, 0.3) is 0 Å². The number of hydrogen-bond acceptors (Lipinski definition) is 2. The molecule has 4 nitrogen and oxygen atoms in total. The Morgan fingerprint density at radius 3 is 2.06 bits per heavy atom. The first-order valence-electron chi connectivity index (χ1n) is 6.23. The third-order valence-corrected chi connectivity index (χ3v) is 4.00. The zero-order valence-electron chi connectivity index (χ0n) is 11.2. The van der Waals surface area contributed by atoms with Crippen molar-refractivity contribution in [2.45, 2.75) is 38.9 Å². The van der Waals surface area contributed by atoms with Crippen molar-refractivity contribution < 1.29 is 14.4 Å². The van der Waals surface area contributed by atoms with Crippen molar-refractivity contribution in [1.82, 2.24) is 0 Å². The summed E-state index contributed by atoms with van der Waals surface area (Å²) in [6.07, 6.45) is 1.97. The minimum atomic E-state index is -3.97. The van der Waals surface area contributed by atoms with Crippen LogP contribution >= 0.6 is 7.60 Å². The lowest BCUT2D eigenvalue weighted by Crippen LogP contribution is -2.30. The van der Waals surface area contributed by atoms with Gasteiger partial charge >= 0.3 is 7.60 Å². The lowest BCUT2D eigenvalue weighted by Gasteiger charge is -2.28. The van der Waals surface area contributed by atoms with Gasteiger partial charge in [0.05, 0.1) is 6.16 Å². The van der Waals surface area contributed by atoms with Gasteiger partial charge in [0.1, 0.15) is 0 Å². The molecule has 0 saturated heterocycles. The van der Waals surface area contributed by atoms with E-state index in [0.717, 1.165) is 18.5 Å². The second-order valence-electron chi connectivity index (χ2n) is 4.57. The summed E-state index contributed by atoms with van der Waals surface area (Å²) >= 11 is 0. The second-order valence-corrected chi connectivity index (χ2v) is 6.22. The van der Waals surface area contributed by atoms with E-state index in [9.17, 15) is 4.57 Å². The van der Waals surface area contributed by atoms with Crippen LogP contribution in [0.4, 0.5) is 5.69 Å². The molecule has 1 rings (SSSR count). The normalized spacial score (nSPS) is 11.9. The Kier molecular flexibility index (Phi) is 5.39. The molecule has 0 aliphatic rings. The molecule has 0 amide bonds. The summed E-state index contributed by atoms with van der Waals surface area (Å²) in [5.41, 5.74) is 1.75. The molecule has 1 aromatic rings. The van der Waals surface area contributed by atoms with Crippen LogP contribution in [0.5, 0.6) is 0 Å². The molecule has 0 atom stereocenters. The van der Waals surface area contributed by atoms with Crippen LogP contribution < -0.4 is 4.90 Å². The van der Waals surface area contributed by atoms with E-state index in [-0.39, 0.29) is 6.16 Å². The summed E-state index contributed by atoms with van der Waals surface area (Å²) in [6, 6.07) is 7.91. The molecule has 0 fully saturated rings. The van der Waals surface area contributed by atoms with Gasteiger partial charge in [-0.05, 0) is 30.5 Å². The Morgan fingerprint density at radius 2 is 1.67 bits per heavy atom. The van der Waals surface area contributed by atoms with Crippen LogP contribution in [0.2, 0.25) is 0 Å². The topological polar surface area (TPSA) is 60.8 Å². The Balaban J connectivity index is 2.79. The van der Waals surface area contributed by atoms with Gasteiger partial charge < -0.3 is 14.7 Å². The fraction of sp³-hybridized carbons (Fsp3) is 0.538. The average Bonchev–Trinajstić information content (AvgIpc) is 2.29. The van der Waals surface area contributed by atoms with Crippen LogP contribution in [0.3, 0.4) is 0 Å². The van der Waals surface area contributed by atoms with E-state index in [1.54, 1.807) is 12.1 Å².